The average molecular weight is 452 g/mol. The molecule has 1 unspecified atom stereocenters. The largest absolute Gasteiger partial charge is 0.303 e. The molecule has 1 N–H and O–H groups in total. The highest BCUT2D eigenvalue weighted by Crippen LogP contribution is 2.28. The number of nitrogens with zero attached hydrogens (tertiary/aromatic N) is 2. The summed E-state index contributed by atoms with van der Waals surface area (Å²) in [6.07, 6.45) is 1.85. The van der Waals surface area contributed by atoms with E-state index in [1.54, 1.807) is 18.3 Å². The van der Waals surface area contributed by atoms with Crippen molar-refractivity contribution in [1.82, 2.24) is 5.32 Å². The normalized spacial score (nSPS) is 17.3. The minimum atomic E-state index is -0.508. The van der Waals surface area contributed by atoms with Gasteiger partial charge in [-0.1, -0.05) is 90.1 Å². The highest BCUT2D eigenvalue weighted by molar-refractivity contribution is 8.15. The predicted octanol–water partition coefficient (Wildman–Crippen LogP) is 5.50. The van der Waals surface area contributed by atoms with E-state index in [2.05, 4.69) is 45.9 Å². The number of carbonyl (C=O) groups excluding carboxylic acids is 2. The summed E-state index contributed by atoms with van der Waals surface area (Å²) in [6.45, 7) is 1.97. The summed E-state index contributed by atoms with van der Waals surface area (Å²) in [4.78, 5) is 24.9. The Morgan fingerprint density at radius 1 is 0.970 bits per heavy atom. The van der Waals surface area contributed by atoms with E-state index in [4.69, 9.17) is 0 Å². The van der Waals surface area contributed by atoms with Gasteiger partial charge in [-0.15, -0.1) is 5.10 Å². The maximum Gasteiger partial charge on any atom is 0.240 e. The molecule has 4 aromatic carbocycles. The Morgan fingerprint density at radius 2 is 1.61 bits per heavy atom. The molecule has 0 spiro atoms. The number of nitrogens with one attached hydrogen (secondary N) is 1. The van der Waals surface area contributed by atoms with Crippen molar-refractivity contribution in [3.63, 3.8) is 0 Å². The summed E-state index contributed by atoms with van der Waals surface area (Å²) in [5, 5.41) is 15.6. The maximum atomic E-state index is 12.5. The number of rotatable bonds is 5. The summed E-state index contributed by atoms with van der Waals surface area (Å²) < 4.78 is 0. The number of amides is 1. The van der Waals surface area contributed by atoms with E-state index in [1.165, 1.54) is 11.8 Å². The Balaban J connectivity index is 1.36. The monoisotopic (exact) mass is 451 g/mol. The van der Waals surface area contributed by atoms with Crippen LogP contribution in [0.15, 0.2) is 89.1 Å². The first-order valence-corrected chi connectivity index (χ1v) is 11.6. The second-order valence-electron chi connectivity index (χ2n) is 7.97. The Hall–Kier alpha value is -3.77. The van der Waals surface area contributed by atoms with Crippen molar-refractivity contribution in [2.75, 3.05) is 0 Å². The van der Waals surface area contributed by atoms with Crippen molar-refractivity contribution in [1.29, 1.82) is 0 Å². The van der Waals surface area contributed by atoms with Crippen LogP contribution in [-0.2, 0) is 4.79 Å². The van der Waals surface area contributed by atoms with Crippen molar-refractivity contribution in [3.8, 4) is 0 Å². The summed E-state index contributed by atoms with van der Waals surface area (Å²) in [5.74, 6) is -0.278. The molecule has 1 saturated heterocycles. The van der Waals surface area contributed by atoms with Gasteiger partial charge in [0.1, 0.15) is 0 Å². The van der Waals surface area contributed by atoms with Crippen molar-refractivity contribution in [3.05, 3.63) is 95.6 Å². The van der Waals surface area contributed by atoms with E-state index in [0.717, 1.165) is 32.7 Å². The lowest BCUT2D eigenvalue weighted by atomic mass is 9.97. The van der Waals surface area contributed by atoms with Gasteiger partial charge in [-0.25, -0.2) is 0 Å². The van der Waals surface area contributed by atoms with Gasteiger partial charge in [-0.2, -0.15) is 5.10 Å². The molecule has 5 nitrogen and oxygen atoms in total. The lowest BCUT2D eigenvalue weighted by Gasteiger charge is -2.07. The second kappa shape index (κ2) is 9.00. The molecular formula is C27H21N3O2S. The Kier molecular flexibility index (Phi) is 5.75. The molecule has 0 bridgehead atoms. The first kappa shape index (κ1) is 21.1. The number of Topliss-reactive ketones (excluding diaryl/α,β-unsaturated/α-hetero) is 1. The van der Waals surface area contributed by atoms with Crippen LogP contribution in [0.2, 0.25) is 0 Å². The van der Waals surface area contributed by atoms with Gasteiger partial charge >= 0.3 is 0 Å². The molecule has 0 radical (unpaired) electrons. The van der Waals surface area contributed by atoms with Crippen LogP contribution in [-0.4, -0.2) is 28.3 Å². The van der Waals surface area contributed by atoms with Crippen LogP contribution < -0.4 is 5.32 Å². The molecule has 0 saturated carbocycles. The highest BCUT2D eigenvalue weighted by Gasteiger charge is 2.32. The Bertz CT molecular complexity index is 1390. The van der Waals surface area contributed by atoms with E-state index in [0.29, 0.717) is 10.7 Å². The topological polar surface area (TPSA) is 70.9 Å². The highest BCUT2D eigenvalue weighted by atomic mass is 32.2. The lowest BCUT2D eigenvalue weighted by Crippen LogP contribution is -2.26. The molecule has 1 atom stereocenters. The van der Waals surface area contributed by atoms with Gasteiger partial charge in [0.05, 0.1) is 11.5 Å². The van der Waals surface area contributed by atoms with Gasteiger partial charge in [-0.3, -0.25) is 9.59 Å². The number of hydrogen-bond donors (Lipinski definition) is 1. The number of ketones is 1. The van der Waals surface area contributed by atoms with E-state index in [9.17, 15) is 9.59 Å². The van der Waals surface area contributed by atoms with Crippen LogP contribution >= 0.6 is 11.8 Å². The standard InChI is InChI=1S/C27H21N3O2S/c1-17-10-12-18(13-11-17)24(31)15-25-26(32)29-27(33-25)30-28-16-23-21-8-4-2-6-19(21)14-20-7-3-5-9-22(20)23/h2-14,16,25H,15H2,1H3,(H,29,30,32)/b28-16+. The van der Waals surface area contributed by atoms with Crippen molar-refractivity contribution < 1.29 is 9.59 Å². The summed E-state index contributed by atoms with van der Waals surface area (Å²) in [7, 11) is 0. The van der Waals surface area contributed by atoms with Gasteiger partial charge in [-0.05, 0) is 34.5 Å². The Labute approximate surface area is 195 Å². The molecule has 162 valence electrons. The van der Waals surface area contributed by atoms with E-state index in [1.807, 2.05) is 43.3 Å². The first-order valence-electron chi connectivity index (χ1n) is 10.7. The van der Waals surface area contributed by atoms with Crippen molar-refractivity contribution >= 4 is 56.4 Å². The fraction of sp³-hybridized carbons (Fsp3) is 0.111. The van der Waals surface area contributed by atoms with Crippen LogP contribution in [0.4, 0.5) is 0 Å². The van der Waals surface area contributed by atoms with Crippen LogP contribution in [0.25, 0.3) is 21.5 Å². The van der Waals surface area contributed by atoms with E-state index < -0.39 is 5.25 Å². The van der Waals surface area contributed by atoms with Gasteiger partial charge in [0.2, 0.25) is 5.91 Å². The zero-order chi connectivity index (χ0) is 22.8. The van der Waals surface area contributed by atoms with Crippen LogP contribution in [0.1, 0.15) is 27.9 Å². The lowest BCUT2D eigenvalue weighted by molar-refractivity contribution is -0.118. The van der Waals surface area contributed by atoms with Gasteiger partial charge in [0.15, 0.2) is 11.0 Å². The number of benzene rings is 4. The minimum absolute atomic E-state index is 0.0605. The summed E-state index contributed by atoms with van der Waals surface area (Å²) >= 11 is 1.24. The first-order chi connectivity index (χ1) is 16.1. The number of aryl methyl sites for hydroxylation is 1. The zero-order valence-electron chi connectivity index (χ0n) is 18.0. The molecular weight excluding hydrogens is 430 g/mol. The third-order valence-electron chi connectivity index (χ3n) is 5.67. The quantitative estimate of drug-likeness (QED) is 0.189. The van der Waals surface area contributed by atoms with Gasteiger partial charge in [0.25, 0.3) is 0 Å². The molecule has 1 aliphatic heterocycles. The van der Waals surface area contributed by atoms with Crippen LogP contribution in [0.5, 0.6) is 0 Å². The summed E-state index contributed by atoms with van der Waals surface area (Å²) in [6, 6.07) is 25.9. The molecule has 1 amide bonds. The smallest absolute Gasteiger partial charge is 0.240 e. The van der Waals surface area contributed by atoms with Gasteiger partial charge < -0.3 is 5.32 Å². The number of carbonyl (C=O) groups is 2. The molecule has 1 fully saturated rings. The molecule has 4 aromatic rings. The number of hydrogen-bond acceptors (Lipinski definition) is 5. The minimum Gasteiger partial charge on any atom is -0.303 e. The third kappa shape index (κ3) is 4.43. The number of amidine groups is 1. The number of thioether (sulfide) groups is 1. The fourth-order valence-electron chi connectivity index (χ4n) is 3.94. The Morgan fingerprint density at radius 3 is 2.27 bits per heavy atom. The van der Waals surface area contributed by atoms with E-state index in [-0.39, 0.29) is 18.1 Å². The summed E-state index contributed by atoms with van der Waals surface area (Å²) in [5.41, 5.74) is 2.68. The van der Waals surface area contributed by atoms with Gasteiger partial charge in [0, 0.05) is 17.5 Å². The van der Waals surface area contributed by atoms with E-state index >= 15 is 0 Å². The molecule has 6 heteroatoms. The maximum absolute atomic E-state index is 12.5. The average Bonchev–Trinajstić information content (AvgIpc) is 3.17. The molecule has 33 heavy (non-hydrogen) atoms. The number of fused-ring (bicyclic) bond motifs is 2. The predicted molar refractivity (Wildman–Crippen MR) is 136 cm³/mol. The second-order valence-corrected chi connectivity index (χ2v) is 9.16. The molecule has 1 aliphatic rings. The molecule has 0 aromatic heterocycles. The van der Waals surface area contributed by atoms with Crippen LogP contribution in [0, 0.1) is 6.92 Å². The van der Waals surface area contributed by atoms with Crippen molar-refractivity contribution in [2.45, 2.75) is 18.6 Å². The molecule has 1 heterocycles. The molecule has 0 aliphatic carbocycles. The molecule has 5 rings (SSSR count). The third-order valence-corrected chi connectivity index (χ3v) is 6.74. The SMILES string of the molecule is Cc1ccc(C(=O)CC2S/C(=N/N=C/c3c4ccccc4cc4ccccc34)NC2=O)cc1. The zero-order valence-corrected chi connectivity index (χ0v) is 18.8. The van der Waals surface area contributed by atoms with Crippen molar-refractivity contribution in [2.24, 2.45) is 10.2 Å². The van der Waals surface area contributed by atoms with Crippen LogP contribution in [0.3, 0.4) is 0 Å². The fourth-order valence-corrected chi connectivity index (χ4v) is 4.86.